The first-order chi connectivity index (χ1) is 9.20. The van der Waals surface area contributed by atoms with Gasteiger partial charge in [-0.25, -0.2) is 0 Å². The zero-order valence-corrected chi connectivity index (χ0v) is 12.8. The summed E-state index contributed by atoms with van der Waals surface area (Å²) >= 11 is 0. The molecular weight excluding hydrogens is 230 g/mol. The summed E-state index contributed by atoms with van der Waals surface area (Å²) in [6.07, 6.45) is 8.18. The number of aryl methyl sites for hydroxylation is 2. The van der Waals surface area contributed by atoms with Gasteiger partial charge in [-0.1, -0.05) is 44.0 Å². The highest BCUT2D eigenvalue weighted by Crippen LogP contribution is 2.32. The van der Waals surface area contributed by atoms with Crippen LogP contribution in [-0.2, 0) is 6.42 Å². The molecule has 106 valence electrons. The lowest BCUT2D eigenvalue weighted by molar-refractivity contribution is 0.221. The van der Waals surface area contributed by atoms with Gasteiger partial charge in [0.15, 0.2) is 0 Å². The van der Waals surface area contributed by atoms with Crippen LogP contribution in [-0.4, -0.2) is 13.1 Å². The topological polar surface area (TPSA) is 12.0 Å². The zero-order valence-electron chi connectivity index (χ0n) is 12.8. The molecule has 0 bridgehead atoms. The lowest BCUT2D eigenvalue weighted by atomic mass is 9.77. The number of nitrogens with one attached hydrogen (secondary N) is 1. The maximum atomic E-state index is 3.58. The van der Waals surface area contributed by atoms with Gasteiger partial charge in [0.1, 0.15) is 0 Å². The van der Waals surface area contributed by atoms with E-state index in [4.69, 9.17) is 0 Å². The predicted molar refractivity (Wildman–Crippen MR) is 83.5 cm³/mol. The van der Waals surface area contributed by atoms with Crippen molar-refractivity contribution in [2.45, 2.75) is 58.4 Å². The first-order valence-electron chi connectivity index (χ1n) is 7.92. The molecule has 1 heteroatoms. The Morgan fingerprint density at radius 2 is 2.05 bits per heavy atom. The molecule has 0 radical (unpaired) electrons. The number of hydrogen-bond acceptors (Lipinski definition) is 1. The summed E-state index contributed by atoms with van der Waals surface area (Å²) in [4.78, 5) is 0. The molecule has 0 spiro atoms. The maximum Gasteiger partial charge on any atom is 0.00955 e. The standard InChI is InChI=1S/C18H29N/c1-14-7-6-10-17(13-14)18(19-3)12-11-16-9-5-4-8-15(16)2/h4-5,8-9,14,17-19H,6-7,10-13H2,1-3H3. The van der Waals surface area contributed by atoms with Crippen molar-refractivity contribution >= 4 is 0 Å². The number of benzene rings is 1. The smallest absolute Gasteiger partial charge is 0.00955 e. The highest BCUT2D eigenvalue weighted by molar-refractivity contribution is 5.25. The lowest BCUT2D eigenvalue weighted by Crippen LogP contribution is -2.36. The second-order valence-corrected chi connectivity index (χ2v) is 6.39. The molecule has 3 unspecified atom stereocenters. The van der Waals surface area contributed by atoms with Crippen molar-refractivity contribution in [3.05, 3.63) is 35.4 Å². The van der Waals surface area contributed by atoms with E-state index in [1.165, 1.54) is 49.7 Å². The Morgan fingerprint density at radius 3 is 2.74 bits per heavy atom. The molecule has 1 fully saturated rings. The third-order valence-electron chi connectivity index (χ3n) is 4.90. The normalized spacial score (nSPS) is 25.2. The quantitative estimate of drug-likeness (QED) is 0.829. The summed E-state index contributed by atoms with van der Waals surface area (Å²) in [7, 11) is 2.14. The average molecular weight is 259 g/mol. The van der Waals surface area contributed by atoms with Crippen molar-refractivity contribution in [1.29, 1.82) is 0 Å². The van der Waals surface area contributed by atoms with Crippen molar-refractivity contribution in [3.8, 4) is 0 Å². The van der Waals surface area contributed by atoms with Gasteiger partial charge in [0.2, 0.25) is 0 Å². The van der Waals surface area contributed by atoms with E-state index in [0.717, 1.165) is 11.8 Å². The Labute approximate surface area is 118 Å². The van der Waals surface area contributed by atoms with E-state index in [9.17, 15) is 0 Å². The fraction of sp³-hybridized carbons (Fsp3) is 0.667. The summed E-state index contributed by atoms with van der Waals surface area (Å²) < 4.78 is 0. The molecule has 0 aliphatic heterocycles. The molecule has 1 aromatic carbocycles. The molecule has 0 amide bonds. The maximum absolute atomic E-state index is 3.58. The van der Waals surface area contributed by atoms with Crippen LogP contribution < -0.4 is 5.32 Å². The van der Waals surface area contributed by atoms with E-state index in [1.54, 1.807) is 0 Å². The minimum absolute atomic E-state index is 0.697. The van der Waals surface area contributed by atoms with Crippen LogP contribution in [0.2, 0.25) is 0 Å². The van der Waals surface area contributed by atoms with Crippen LogP contribution in [0, 0.1) is 18.8 Å². The first kappa shape index (κ1) is 14.6. The van der Waals surface area contributed by atoms with Gasteiger partial charge in [-0.3, -0.25) is 0 Å². The predicted octanol–water partition coefficient (Wildman–Crippen LogP) is 4.34. The summed E-state index contributed by atoms with van der Waals surface area (Å²) in [5.74, 6) is 1.81. The second kappa shape index (κ2) is 7.09. The van der Waals surface area contributed by atoms with Gasteiger partial charge >= 0.3 is 0 Å². The van der Waals surface area contributed by atoms with Crippen LogP contribution in [0.3, 0.4) is 0 Å². The van der Waals surface area contributed by atoms with E-state index in [1.807, 2.05) is 0 Å². The van der Waals surface area contributed by atoms with Gasteiger partial charge in [-0.15, -0.1) is 0 Å². The van der Waals surface area contributed by atoms with E-state index in [0.29, 0.717) is 6.04 Å². The Bertz CT molecular complexity index is 385. The van der Waals surface area contributed by atoms with Crippen molar-refractivity contribution < 1.29 is 0 Å². The molecule has 0 aromatic heterocycles. The molecule has 1 aliphatic rings. The highest BCUT2D eigenvalue weighted by Gasteiger charge is 2.25. The van der Waals surface area contributed by atoms with Crippen molar-refractivity contribution in [2.24, 2.45) is 11.8 Å². The molecule has 19 heavy (non-hydrogen) atoms. The van der Waals surface area contributed by atoms with E-state index in [2.05, 4.69) is 50.5 Å². The van der Waals surface area contributed by atoms with Crippen LogP contribution >= 0.6 is 0 Å². The Morgan fingerprint density at radius 1 is 1.26 bits per heavy atom. The van der Waals surface area contributed by atoms with Gasteiger partial charge in [0.05, 0.1) is 0 Å². The fourth-order valence-corrected chi connectivity index (χ4v) is 3.66. The Hall–Kier alpha value is -0.820. The van der Waals surface area contributed by atoms with Gasteiger partial charge in [-0.05, 0) is 62.6 Å². The first-order valence-corrected chi connectivity index (χ1v) is 7.92. The molecule has 1 saturated carbocycles. The molecule has 0 heterocycles. The fourth-order valence-electron chi connectivity index (χ4n) is 3.66. The second-order valence-electron chi connectivity index (χ2n) is 6.39. The van der Waals surface area contributed by atoms with Crippen molar-refractivity contribution in [2.75, 3.05) is 7.05 Å². The average Bonchev–Trinajstić information content (AvgIpc) is 2.41. The van der Waals surface area contributed by atoms with Crippen molar-refractivity contribution in [3.63, 3.8) is 0 Å². The number of rotatable bonds is 5. The van der Waals surface area contributed by atoms with Gasteiger partial charge in [0.25, 0.3) is 0 Å². The van der Waals surface area contributed by atoms with Crippen LogP contribution in [0.5, 0.6) is 0 Å². The van der Waals surface area contributed by atoms with Crippen LogP contribution in [0.15, 0.2) is 24.3 Å². The summed E-state index contributed by atoms with van der Waals surface area (Å²) in [6.45, 7) is 4.65. The molecule has 2 rings (SSSR count). The lowest BCUT2D eigenvalue weighted by Gasteiger charge is -2.33. The highest BCUT2D eigenvalue weighted by atomic mass is 14.9. The molecule has 0 saturated heterocycles. The van der Waals surface area contributed by atoms with Gasteiger partial charge in [0, 0.05) is 6.04 Å². The SMILES string of the molecule is CNC(CCc1ccccc1C)C1CCCC(C)C1. The van der Waals surface area contributed by atoms with Crippen LogP contribution in [0.1, 0.15) is 50.2 Å². The molecule has 1 aromatic rings. The van der Waals surface area contributed by atoms with E-state index in [-0.39, 0.29) is 0 Å². The molecular formula is C18H29N. The minimum atomic E-state index is 0.697. The van der Waals surface area contributed by atoms with Crippen LogP contribution in [0.25, 0.3) is 0 Å². The van der Waals surface area contributed by atoms with E-state index >= 15 is 0 Å². The molecule has 1 N–H and O–H groups in total. The Balaban J connectivity index is 1.90. The minimum Gasteiger partial charge on any atom is -0.317 e. The molecule has 1 aliphatic carbocycles. The molecule has 1 nitrogen and oxygen atoms in total. The largest absolute Gasteiger partial charge is 0.317 e. The Kier molecular flexibility index (Phi) is 5.45. The van der Waals surface area contributed by atoms with Gasteiger partial charge < -0.3 is 5.32 Å². The van der Waals surface area contributed by atoms with Gasteiger partial charge in [-0.2, -0.15) is 0 Å². The third kappa shape index (κ3) is 4.07. The van der Waals surface area contributed by atoms with E-state index < -0.39 is 0 Å². The molecule has 3 atom stereocenters. The monoisotopic (exact) mass is 259 g/mol. The third-order valence-corrected chi connectivity index (χ3v) is 4.90. The summed E-state index contributed by atoms with van der Waals surface area (Å²) in [5.41, 5.74) is 2.96. The zero-order chi connectivity index (χ0) is 13.7. The van der Waals surface area contributed by atoms with Crippen LogP contribution in [0.4, 0.5) is 0 Å². The van der Waals surface area contributed by atoms with Crippen molar-refractivity contribution in [1.82, 2.24) is 5.32 Å². The summed E-state index contributed by atoms with van der Waals surface area (Å²) in [6, 6.07) is 9.51. The number of hydrogen-bond donors (Lipinski definition) is 1. The summed E-state index contributed by atoms with van der Waals surface area (Å²) in [5, 5.41) is 3.58.